The van der Waals surface area contributed by atoms with Crippen LogP contribution >= 0.6 is 11.8 Å². The monoisotopic (exact) mass is 445 g/mol. The number of sulfonamides is 1. The van der Waals surface area contributed by atoms with E-state index in [2.05, 4.69) is 19.7 Å². The molecule has 11 heteroatoms. The zero-order chi connectivity index (χ0) is 20.8. The van der Waals surface area contributed by atoms with Gasteiger partial charge in [-0.25, -0.2) is 0 Å². The Morgan fingerprint density at radius 1 is 1.17 bits per heavy atom. The van der Waals surface area contributed by atoms with Crippen LogP contribution < -0.4 is 23.5 Å². The van der Waals surface area contributed by atoms with Crippen LogP contribution in [-0.2, 0) is 10.0 Å². The fourth-order valence-electron chi connectivity index (χ4n) is 3.31. The lowest BCUT2D eigenvalue weighted by Crippen LogP contribution is -2.43. The summed E-state index contributed by atoms with van der Waals surface area (Å²) in [7, 11) is -4.25. The lowest BCUT2D eigenvalue weighted by atomic mass is 10.1. The van der Waals surface area contributed by atoms with E-state index >= 15 is 0 Å². The summed E-state index contributed by atoms with van der Waals surface area (Å²) in [5.74, 6) is -0.732. The van der Waals surface area contributed by atoms with Gasteiger partial charge in [0.1, 0.15) is 5.69 Å². The lowest BCUT2D eigenvalue weighted by Gasteiger charge is -2.31. The van der Waals surface area contributed by atoms with E-state index < -0.39 is 22.1 Å². The molecule has 0 saturated carbocycles. The molecule has 1 fully saturated rings. The molecule has 0 unspecified atom stereocenters. The van der Waals surface area contributed by atoms with E-state index in [4.69, 9.17) is 11.8 Å². The maximum Gasteiger partial charge on any atom is 0.586 e. The van der Waals surface area contributed by atoms with Crippen LogP contribution in [0.1, 0.15) is 5.56 Å². The molecule has 2 aromatic rings. The van der Waals surface area contributed by atoms with Crippen molar-refractivity contribution in [2.24, 2.45) is 0 Å². The standard InChI is InChI=1S/C18H18ClF2N3O4S/c1-12-5-6-13(11-15(12)23-9-7-22-8-10-23)29(25,26)24(19)14-3-2-4-16-17(14)28-18(20,21)27-16/h2-6,11,22H,7-10H2,1H3. The average molecular weight is 446 g/mol. The number of anilines is 2. The first kappa shape index (κ1) is 20.0. The Morgan fingerprint density at radius 2 is 1.90 bits per heavy atom. The summed E-state index contributed by atoms with van der Waals surface area (Å²) in [5.41, 5.74) is 1.44. The lowest BCUT2D eigenvalue weighted by molar-refractivity contribution is -0.286. The Balaban J connectivity index is 1.71. The van der Waals surface area contributed by atoms with Crippen LogP contribution in [-0.4, -0.2) is 40.9 Å². The third-order valence-corrected chi connectivity index (χ3v) is 6.94. The first-order valence-corrected chi connectivity index (χ1v) is 10.6. The van der Waals surface area contributed by atoms with Crippen molar-refractivity contribution in [1.29, 1.82) is 0 Å². The van der Waals surface area contributed by atoms with E-state index in [0.717, 1.165) is 37.4 Å². The molecule has 0 atom stereocenters. The summed E-state index contributed by atoms with van der Waals surface area (Å²) >= 11 is 6.13. The van der Waals surface area contributed by atoms with Gasteiger partial charge in [-0.15, -0.1) is 8.78 Å². The molecule has 0 amide bonds. The van der Waals surface area contributed by atoms with Crippen molar-refractivity contribution < 1.29 is 26.7 Å². The number of nitrogens with zero attached hydrogens (tertiary/aromatic N) is 2. The van der Waals surface area contributed by atoms with Crippen molar-refractivity contribution >= 4 is 33.2 Å². The molecule has 29 heavy (non-hydrogen) atoms. The quantitative estimate of drug-likeness (QED) is 0.729. The molecule has 7 nitrogen and oxygen atoms in total. The Bertz CT molecular complexity index is 1050. The fourth-order valence-corrected chi connectivity index (χ4v) is 4.77. The van der Waals surface area contributed by atoms with Crippen LogP contribution in [0.5, 0.6) is 11.5 Å². The minimum atomic E-state index is -4.25. The van der Waals surface area contributed by atoms with E-state index in [1.807, 2.05) is 6.92 Å². The van der Waals surface area contributed by atoms with Crippen LogP contribution in [0.4, 0.5) is 20.2 Å². The van der Waals surface area contributed by atoms with Gasteiger partial charge in [-0.1, -0.05) is 12.1 Å². The molecular weight excluding hydrogens is 428 g/mol. The zero-order valence-corrected chi connectivity index (χ0v) is 16.9. The first-order chi connectivity index (χ1) is 13.7. The number of hydrogen-bond donors (Lipinski definition) is 1. The van der Waals surface area contributed by atoms with E-state index in [0.29, 0.717) is 3.82 Å². The normalized spacial score (nSPS) is 18.0. The number of fused-ring (bicyclic) bond motifs is 1. The van der Waals surface area contributed by atoms with Crippen LogP contribution in [0.25, 0.3) is 0 Å². The summed E-state index contributed by atoms with van der Waals surface area (Å²) in [4.78, 5) is 2.02. The van der Waals surface area contributed by atoms with Crippen LogP contribution in [0, 0.1) is 6.92 Å². The highest BCUT2D eigenvalue weighted by Gasteiger charge is 2.46. The fraction of sp³-hybridized carbons (Fsp3) is 0.333. The van der Waals surface area contributed by atoms with E-state index in [1.54, 1.807) is 12.1 Å². The molecule has 0 aromatic heterocycles. The Kier molecular flexibility index (Phi) is 4.96. The average Bonchev–Trinajstić information content (AvgIpc) is 3.02. The highest BCUT2D eigenvalue weighted by atomic mass is 35.5. The minimum Gasteiger partial charge on any atom is -0.395 e. The van der Waals surface area contributed by atoms with Crippen molar-refractivity contribution in [2.45, 2.75) is 18.1 Å². The molecule has 0 radical (unpaired) electrons. The van der Waals surface area contributed by atoms with Crippen LogP contribution in [0.3, 0.4) is 0 Å². The number of benzene rings is 2. The summed E-state index contributed by atoms with van der Waals surface area (Å²) in [6.07, 6.45) is -3.89. The van der Waals surface area contributed by atoms with Gasteiger partial charge in [0.05, 0.1) is 4.90 Å². The summed E-state index contributed by atoms with van der Waals surface area (Å²) in [6.45, 7) is 4.95. The largest absolute Gasteiger partial charge is 0.586 e. The molecular formula is C18H18ClF2N3O4S. The van der Waals surface area contributed by atoms with Gasteiger partial charge in [-0.05, 0) is 36.8 Å². The Labute approximate surface area is 171 Å². The van der Waals surface area contributed by atoms with Crippen molar-refractivity contribution in [1.82, 2.24) is 5.32 Å². The maximum absolute atomic E-state index is 13.4. The molecule has 0 spiro atoms. The van der Waals surface area contributed by atoms with Crippen molar-refractivity contribution in [2.75, 3.05) is 34.9 Å². The number of aryl methyl sites for hydroxylation is 1. The van der Waals surface area contributed by atoms with Gasteiger partial charge in [0.2, 0.25) is 0 Å². The second-order valence-electron chi connectivity index (χ2n) is 6.68. The minimum absolute atomic E-state index is 0.0603. The number of rotatable bonds is 4. The molecule has 2 heterocycles. The third-order valence-electron chi connectivity index (χ3n) is 4.74. The smallest absolute Gasteiger partial charge is 0.395 e. The maximum atomic E-state index is 13.4. The topological polar surface area (TPSA) is 71.1 Å². The van der Waals surface area contributed by atoms with Crippen LogP contribution in [0.15, 0.2) is 41.3 Å². The summed E-state index contributed by atoms with van der Waals surface area (Å²) < 4.78 is 62.3. The highest BCUT2D eigenvalue weighted by molar-refractivity contribution is 7.94. The number of halogens is 3. The summed E-state index contributed by atoms with van der Waals surface area (Å²) in [6, 6.07) is 8.52. The van der Waals surface area contributed by atoms with Crippen molar-refractivity contribution in [3.8, 4) is 11.5 Å². The van der Waals surface area contributed by atoms with Gasteiger partial charge >= 0.3 is 6.29 Å². The van der Waals surface area contributed by atoms with E-state index in [1.165, 1.54) is 24.3 Å². The molecule has 2 aliphatic rings. The van der Waals surface area contributed by atoms with E-state index in [-0.39, 0.29) is 16.3 Å². The second-order valence-corrected chi connectivity index (χ2v) is 9.00. The van der Waals surface area contributed by atoms with Gasteiger partial charge in [0.25, 0.3) is 10.0 Å². The predicted molar refractivity (Wildman–Crippen MR) is 104 cm³/mol. The van der Waals surface area contributed by atoms with Crippen molar-refractivity contribution in [3.05, 3.63) is 42.0 Å². The number of ether oxygens (including phenoxy) is 2. The molecule has 1 N–H and O–H groups in total. The predicted octanol–water partition coefficient (Wildman–Crippen LogP) is 3.08. The number of hydrogen-bond acceptors (Lipinski definition) is 6. The zero-order valence-electron chi connectivity index (χ0n) is 15.4. The SMILES string of the molecule is Cc1ccc(S(=O)(=O)N(Cl)c2cccc3c2OC(F)(F)O3)cc1N1CCNCC1. The number of para-hydroxylation sites is 1. The highest BCUT2D eigenvalue weighted by Crippen LogP contribution is 2.48. The number of alkyl halides is 2. The first-order valence-electron chi connectivity index (χ1n) is 8.85. The van der Waals surface area contributed by atoms with Crippen molar-refractivity contribution in [3.63, 3.8) is 0 Å². The molecule has 0 aliphatic carbocycles. The number of piperazine rings is 1. The molecule has 2 aliphatic heterocycles. The Morgan fingerprint density at radius 3 is 2.62 bits per heavy atom. The van der Waals surface area contributed by atoms with Gasteiger partial charge in [0.15, 0.2) is 11.5 Å². The molecule has 0 bridgehead atoms. The van der Waals surface area contributed by atoms with Crippen LogP contribution in [0.2, 0.25) is 0 Å². The summed E-state index contributed by atoms with van der Waals surface area (Å²) in [5, 5.41) is 3.24. The second kappa shape index (κ2) is 7.19. The molecule has 2 aromatic carbocycles. The van der Waals surface area contributed by atoms with E-state index in [9.17, 15) is 17.2 Å². The van der Waals surface area contributed by atoms with Gasteiger partial charge < -0.3 is 19.7 Å². The Hall–Kier alpha value is -2.30. The third kappa shape index (κ3) is 3.67. The number of nitrogens with one attached hydrogen (secondary N) is 1. The molecule has 4 rings (SSSR count). The van der Waals surface area contributed by atoms with Gasteiger partial charge in [-0.3, -0.25) is 0 Å². The van der Waals surface area contributed by atoms with Gasteiger partial charge in [0, 0.05) is 43.6 Å². The van der Waals surface area contributed by atoms with Gasteiger partial charge in [-0.2, -0.15) is 12.2 Å². The molecule has 156 valence electrons. The molecule has 1 saturated heterocycles.